The second kappa shape index (κ2) is 4.83. The quantitative estimate of drug-likeness (QED) is 0.496. The number of aldehydes is 1. The molecule has 0 saturated heterocycles. The largest absolute Gasteiger partial charge is 0.303 e. The van der Waals surface area contributed by atoms with Gasteiger partial charge >= 0.3 is 0 Å². The third-order valence-corrected chi connectivity index (χ3v) is 7.26. The number of carbonyl (C=O) groups is 1. The fourth-order valence-electron chi connectivity index (χ4n) is 5.80. The molecule has 0 radical (unpaired) electrons. The average molecular weight is 286 g/mol. The minimum atomic E-state index is -0.103. The van der Waals surface area contributed by atoms with Crippen LogP contribution in [0.25, 0.3) is 0 Å². The van der Waals surface area contributed by atoms with Crippen LogP contribution in [0.2, 0.25) is 0 Å². The summed E-state index contributed by atoms with van der Waals surface area (Å²) in [5.41, 5.74) is 2.18. The molecule has 0 N–H and O–H groups in total. The third kappa shape index (κ3) is 2.15. The fourth-order valence-corrected chi connectivity index (χ4v) is 5.80. The molecule has 1 heteroatoms. The molecule has 3 rings (SSSR count). The molecule has 0 aromatic carbocycles. The van der Waals surface area contributed by atoms with E-state index in [4.69, 9.17) is 0 Å². The normalized spacial score (nSPS) is 49.6. The van der Waals surface area contributed by atoms with Gasteiger partial charge in [0.05, 0.1) is 0 Å². The van der Waals surface area contributed by atoms with Gasteiger partial charge in [-0.3, -0.25) is 0 Å². The predicted molar refractivity (Wildman–Crippen MR) is 88.0 cm³/mol. The first-order valence-corrected chi connectivity index (χ1v) is 8.66. The third-order valence-electron chi connectivity index (χ3n) is 7.26. The smallest absolute Gasteiger partial charge is 0.126 e. The van der Waals surface area contributed by atoms with Crippen LogP contribution in [0.15, 0.2) is 24.3 Å². The first-order valence-electron chi connectivity index (χ1n) is 8.66. The highest BCUT2D eigenvalue weighted by Crippen LogP contribution is 2.63. The summed E-state index contributed by atoms with van der Waals surface area (Å²) in [7, 11) is 0. The van der Waals surface area contributed by atoms with E-state index in [0.717, 1.165) is 12.8 Å². The van der Waals surface area contributed by atoms with E-state index in [1.54, 1.807) is 5.57 Å². The molecular weight excluding hydrogens is 256 g/mol. The molecule has 0 heterocycles. The summed E-state index contributed by atoms with van der Waals surface area (Å²) in [6, 6.07) is 0. The Hall–Kier alpha value is -0.850. The molecule has 2 saturated carbocycles. The predicted octanol–water partition coefficient (Wildman–Crippen LogP) is 5.32. The van der Waals surface area contributed by atoms with E-state index in [9.17, 15) is 4.79 Å². The van der Waals surface area contributed by atoms with E-state index >= 15 is 0 Å². The Morgan fingerprint density at radius 2 is 2.00 bits per heavy atom. The summed E-state index contributed by atoms with van der Waals surface area (Å²) >= 11 is 0. The first kappa shape index (κ1) is 15.1. The molecule has 2 fully saturated rings. The molecule has 0 aromatic heterocycles. The summed E-state index contributed by atoms with van der Waals surface area (Å²) in [5.74, 6) is 1.24. The van der Waals surface area contributed by atoms with E-state index in [2.05, 4.69) is 39.5 Å². The summed E-state index contributed by atoms with van der Waals surface area (Å²) in [4.78, 5) is 11.8. The fraction of sp³-hybridized carbons (Fsp3) is 0.750. The van der Waals surface area contributed by atoms with Gasteiger partial charge in [-0.05, 0) is 61.2 Å². The second-order valence-electron chi connectivity index (χ2n) is 8.68. The maximum absolute atomic E-state index is 11.8. The molecule has 0 bridgehead atoms. The molecule has 3 aliphatic carbocycles. The Labute approximate surface area is 129 Å². The zero-order chi connectivity index (χ0) is 15.3. The van der Waals surface area contributed by atoms with E-state index in [1.807, 2.05) is 0 Å². The Bertz CT molecular complexity index is 490. The number of hydrogen-bond donors (Lipinski definition) is 0. The van der Waals surface area contributed by atoms with Gasteiger partial charge in [-0.15, -0.1) is 6.58 Å². The van der Waals surface area contributed by atoms with Gasteiger partial charge in [0, 0.05) is 5.41 Å². The van der Waals surface area contributed by atoms with Crippen LogP contribution in [-0.4, -0.2) is 6.29 Å². The Kier molecular flexibility index (Phi) is 3.46. The highest BCUT2D eigenvalue weighted by molar-refractivity contribution is 5.60. The van der Waals surface area contributed by atoms with Gasteiger partial charge in [-0.1, -0.05) is 44.9 Å². The molecule has 0 aliphatic heterocycles. The molecule has 116 valence electrons. The number of fused-ring (bicyclic) bond motifs is 3. The van der Waals surface area contributed by atoms with Crippen LogP contribution in [0.1, 0.15) is 65.7 Å². The number of hydrogen-bond acceptors (Lipinski definition) is 1. The van der Waals surface area contributed by atoms with E-state index in [-0.39, 0.29) is 10.8 Å². The zero-order valence-corrected chi connectivity index (χ0v) is 14.0. The van der Waals surface area contributed by atoms with Crippen molar-refractivity contribution in [1.82, 2.24) is 0 Å². The lowest BCUT2D eigenvalue weighted by atomic mass is 9.46. The van der Waals surface area contributed by atoms with Crippen molar-refractivity contribution in [2.45, 2.75) is 65.7 Å². The highest BCUT2D eigenvalue weighted by atomic mass is 16.1. The SMILES string of the molecule is C=CC1(C)CCC2C(=CCC3C(C)(C=O)CCCC23C)C1. The average Bonchev–Trinajstić information content (AvgIpc) is 2.46. The van der Waals surface area contributed by atoms with Crippen LogP contribution in [0.3, 0.4) is 0 Å². The van der Waals surface area contributed by atoms with Crippen molar-refractivity contribution in [1.29, 1.82) is 0 Å². The van der Waals surface area contributed by atoms with Crippen molar-refractivity contribution in [2.24, 2.45) is 28.1 Å². The van der Waals surface area contributed by atoms with Crippen molar-refractivity contribution in [3.05, 3.63) is 24.3 Å². The topological polar surface area (TPSA) is 17.1 Å². The molecule has 5 unspecified atom stereocenters. The van der Waals surface area contributed by atoms with Crippen molar-refractivity contribution in [3.8, 4) is 0 Å². The zero-order valence-electron chi connectivity index (χ0n) is 14.0. The standard InChI is InChI=1S/C20H30O/c1-5-18(2)12-9-16-15(13-18)7-8-17-19(3,14-21)10-6-11-20(16,17)4/h5,7,14,16-17H,1,6,8-13H2,2-4H3. The molecule has 3 aliphatic rings. The first-order chi connectivity index (χ1) is 9.87. The van der Waals surface area contributed by atoms with Crippen LogP contribution in [0, 0.1) is 28.1 Å². The van der Waals surface area contributed by atoms with Gasteiger partial charge in [0.15, 0.2) is 0 Å². The van der Waals surface area contributed by atoms with Crippen molar-refractivity contribution in [3.63, 3.8) is 0 Å². The van der Waals surface area contributed by atoms with Crippen LogP contribution in [-0.2, 0) is 4.79 Å². The minimum absolute atomic E-state index is 0.103. The molecule has 21 heavy (non-hydrogen) atoms. The monoisotopic (exact) mass is 286 g/mol. The number of carbonyl (C=O) groups excluding carboxylic acids is 1. The summed E-state index contributed by atoms with van der Waals surface area (Å²) in [6.45, 7) is 11.1. The Morgan fingerprint density at radius 1 is 1.24 bits per heavy atom. The van der Waals surface area contributed by atoms with Gasteiger partial charge in [-0.25, -0.2) is 0 Å². The highest BCUT2D eigenvalue weighted by Gasteiger charge is 2.55. The van der Waals surface area contributed by atoms with Crippen LogP contribution in [0.4, 0.5) is 0 Å². The maximum atomic E-state index is 11.8. The van der Waals surface area contributed by atoms with Gasteiger partial charge in [0.25, 0.3) is 0 Å². The lowest BCUT2D eigenvalue weighted by molar-refractivity contribution is -0.129. The minimum Gasteiger partial charge on any atom is -0.303 e. The van der Waals surface area contributed by atoms with Gasteiger partial charge < -0.3 is 4.79 Å². The van der Waals surface area contributed by atoms with E-state index in [1.165, 1.54) is 38.4 Å². The molecule has 5 atom stereocenters. The van der Waals surface area contributed by atoms with Crippen LogP contribution < -0.4 is 0 Å². The van der Waals surface area contributed by atoms with Gasteiger partial charge in [0.1, 0.15) is 6.29 Å². The van der Waals surface area contributed by atoms with E-state index < -0.39 is 0 Å². The summed E-state index contributed by atoms with van der Waals surface area (Å²) in [5, 5.41) is 0. The van der Waals surface area contributed by atoms with Crippen LogP contribution in [0.5, 0.6) is 0 Å². The second-order valence-corrected chi connectivity index (χ2v) is 8.68. The maximum Gasteiger partial charge on any atom is 0.126 e. The molecule has 0 amide bonds. The van der Waals surface area contributed by atoms with Crippen molar-refractivity contribution >= 4 is 6.29 Å². The summed E-state index contributed by atoms with van der Waals surface area (Å²) in [6.07, 6.45) is 14.3. The van der Waals surface area contributed by atoms with Gasteiger partial charge in [-0.2, -0.15) is 0 Å². The molecule has 0 spiro atoms. The van der Waals surface area contributed by atoms with Crippen LogP contribution >= 0.6 is 0 Å². The van der Waals surface area contributed by atoms with Gasteiger partial charge in [0.2, 0.25) is 0 Å². The molecular formula is C20H30O. The lowest BCUT2D eigenvalue weighted by Crippen LogP contribution is -2.51. The van der Waals surface area contributed by atoms with E-state index in [0.29, 0.717) is 17.3 Å². The number of rotatable bonds is 2. The lowest BCUT2D eigenvalue weighted by Gasteiger charge is -2.58. The summed E-state index contributed by atoms with van der Waals surface area (Å²) < 4.78 is 0. The molecule has 0 aromatic rings. The Morgan fingerprint density at radius 3 is 2.67 bits per heavy atom. The molecule has 1 nitrogen and oxygen atoms in total. The number of allylic oxidation sites excluding steroid dienone is 3. The Balaban J connectivity index is 1.96. The van der Waals surface area contributed by atoms with Crippen molar-refractivity contribution in [2.75, 3.05) is 0 Å². The van der Waals surface area contributed by atoms with Crippen molar-refractivity contribution < 1.29 is 4.79 Å².